The molecule has 1 aliphatic rings. The van der Waals surface area contributed by atoms with Gasteiger partial charge >= 0.3 is 0 Å². The number of rotatable bonds is 4. The van der Waals surface area contributed by atoms with Crippen LogP contribution in [-0.4, -0.2) is 25.7 Å². The number of nitrogens with one attached hydrogen (secondary N) is 1. The van der Waals surface area contributed by atoms with Crippen molar-refractivity contribution in [2.45, 2.75) is 42.5 Å². The van der Waals surface area contributed by atoms with Gasteiger partial charge in [-0.3, -0.25) is 0 Å². The minimum atomic E-state index is -4.04. The van der Waals surface area contributed by atoms with Crippen LogP contribution in [0, 0.1) is 5.82 Å². The molecule has 0 amide bonds. The highest BCUT2D eigenvalue weighted by atomic mass is 35.5. The number of aliphatic hydroxyl groups is 1. The monoisotopic (exact) mass is 355 g/mol. The molecule has 0 aromatic heterocycles. The second kappa shape index (κ2) is 6.38. The van der Waals surface area contributed by atoms with E-state index in [1.165, 1.54) is 0 Å². The predicted octanol–water partition coefficient (Wildman–Crippen LogP) is 3.11. The van der Waals surface area contributed by atoms with Gasteiger partial charge in [0.15, 0.2) is 5.82 Å². The molecule has 0 atom stereocenters. The third-order valence-electron chi connectivity index (χ3n) is 3.75. The van der Waals surface area contributed by atoms with E-state index in [1.54, 1.807) is 0 Å². The molecule has 0 spiro atoms. The van der Waals surface area contributed by atoms with E-state index in [0.29, 0.717) is 12.8 Å². The fourth-order valence-electron chi connectivity index (χ4n) is 2.58. The highest BCUT2D eigenvalue weighted by Gasteiger charge is 2.37. The standard InChI is InChI=1S/C13H16Cl2FNO3S/c14-9-4-5-10(11(15)12(9)16)21(19,20)17-13(8-18)6-2-1-3-7-13/h4-5,17-18H,1-3,6-8H2. The molecule has 4 nitrogen and oxygen atoms in total. The Bertz CT molecular complexity index is 631. The van der Waals surface area contributed by atoms with Crippen molar-refractivity contribution in [2.75, 3.05) is 6.61 Å². The Labute approximate surface area is 133 Å². The van der Waals surface area contributed by atoms with Gasteiger partial charge < -0.3 is 5.11 Å². The van der Waals surface area contributed by atoms with Crippen LogP contribution in [0.2, 0.25) is 10.0 Å². The molecule has 21 heavy (non-hydrogen) atoms. The first kappa shape index (κ1) is 17.0. The van der Waals surface area contributed by atoms with E-state index in [-0.39, 0.29) is 16.5 Å². The maximum Gasteiger partial charge on any atom is 0.242 e. The van der Waals surface area contributed by atoms with Gasteiger partial charge in [-0.2, -0.15) is 0 Å². The molecule has 1 saturated carbocycles. The predicted molar refractivity (Wildman–Crippen MR) is 79.6 cm³/mol. The molecule has 2 rings (SSSR count). The Morgan fingerprint density at radius 1 is 1.24 bits per heavy atom. The highest BCUT2D eigenvalue weighted by Crippen LogP contribution is 2.33. The van der Waals surface area contributed by atoms with Crippen LogP contribution in [0.4, 0.5) is 4.39 Å². The summed E-state index contributed by atoms with van der Waals surface area (Å²) in [7, 11) is -4.04. The summed E-state index contributed by atoms with van der Waals surface area (Å²) in [4.78, 5) is -0.371. The first-order chi connectivity index (χ1) is 9.81. The SMILES string of the molecule is O=S(=O)(NC1(CO)CCCCC1)c1ccc(Cl)c(F)c1Cl. The van der Waals surface area contributed by atoms with Crippen molar-refractivity contribution < 1.29 is 17.9 Å². The van der Waals surface area contributed by atoms with Crippen LogP contribution in [0.15, 0.2) is 17.0 Å². The summed E-state index contributed by atoms with van der Waals surface area (Å²) in [6, 6.07) is 2.30. The average Bonchev–Trinajstić information content (AvgIpc) is 2.45. The van der Waals surface area contributed by atoms with Crippen molar-refractivity contribution in [3.8, 4) is 0 Å². The minimum Gasteiger partial charge on any atom is -0.394 e. The molecule has 0 bridgehead atoms. The number of halogens is 3. The Balaban J connectivity index is 2.36. The van der Waals surface area contributed by atoms with Gasteiger partial charge in [-0.25, -0.2) is 17.5 Å². The van der Waals surface area contributed by atoms with Crippen LogP contribution in [0.1, 0.15) is 32.1 Å². The summed E-state index contributed by atoms with van der Waals surface area (Å²) >= 11 is 11.3. The molecule has 1 aromatic rings. The molecular weight excluding hydrogens is 340 g/mol. The smallest absolute Gasteiger partial charge is 0.242 e. The first-order valence-corrected chi connectivity index (χ1v) is 8.84. The summed E-state index contributed by atoms with van der Waals surface area (Å²) in [5.41, 5.74) is -0.906. The van der Waals surface area contributed by atoms with Gasteiger partial charge in [0.1, 0.15) is 4.90 Å². The van der Waals surface area contributed by atoms with Crippen LogP contribution < -0.4 is 4.72 Å². The zero-order chi connectivity index (χ0) is 15.7. The molecule has 2 N–H and O–H groups in total. The lowest BCUT2D eigenvalue weighted by Gasteiger charge is -2.36. The van der Waals surface area contributed by atoms with Crippen LogP contribution in [0.5, 0.6) is 0 Å². The molecule has 8 heteroatoms. The van der Waals surface area contributed by atoms with Crippen LogP contribution in [0.3, 0.4) is 0 Å². The zero-order valence-corrected chi connectivity index (χ0v) is 13.5. The maximum absolute atomic E-state index is 13.7. The zero-order valence-electron chi connectivity index (χ0n) is 11.2. The van der Waals surface area contributed by atoms with Crippen molar-refractivity contribution >= 4 is 33.2 Å². The van der Waals surface area contributed by atoms with E-state index < -0.39 is 26.4 Å². The molecule has 0 aliphatic heterocycles. The fourth-order valence-corrected chi connectivity index (χ4v) is 4.77. The lowest BCUT2D eigenvalue weighted by Crippen LogP contribution is -2.52. The van der Waals surface area contributed by atoms with Crippen molar-refractivity contribution in [3.63, 3.8) is 0 Å². The van der Waals surface area contributed by atoms with E-state index in [0.717, 1.165) is 31.4 Å². The number of aliphatic hydroxyl groups excluding tert-OH is 1. The molecule has 0 heterocycles. The number of sulfonamides is 1. The van der Waals surface area contributed by atoms with Gasteiger partial charge in [0.2, 0.25) is 10.0 Å². The Hall–Kier alpha value is -0.400. The van der Waals surface area contributed by atoms with Gasteiger partial charge in [-0.1, -0.05) is 42.5 Å². The van der Waals surface area contributed by atoms with Crippen LogP contribution in [-0.2, 0) is 10.0 Å². The summed E-state index contributed by atoms with van der Waals surface area (Å²) in [6.07, 6.45) is 3.73. The van der Waals surface area contributed by atoms with Crippen molar-refractivity contribution in [3.05, 3.63) is 28.0 Å². The Morgan fingerprint density at radius 3 is 2.43 bits per heavy atom. The summed E-state index contributed by atoms with van der Waals surface area (Å²) in [5, 5.41) is 8.78. The summed E-state index contributed by atoms with van der Waals surface area (Å²) in [5.74, 6) is -0.970. The third-order valence-corrected chi connectivity index (χ3v) is 6.15. The van der Waals surface area contributed by atoms with E-state index in [9.17, 15) is 17.9 Å². The van der Waals surface area contributed by atoms with Crippen LogP contribution >= 0.6 is 23.2 Å². The quantitative estimate of drug-likeness (QED) is 0.815. The highest BCUT2D eigenvalue weighted by molar-refractivity contribution is 7.89. The lowest BCUT2D eigenvalue weighted by molar-refractivity contribution is 0.142. The fraction of sp³-hybridized carbons (Fsp3) is 0.538. The maximum atomic E-state index is 13.7. The van der Waals surface area contributed by atoms with Gasteiger partial charge in [0, 0.05) is 0 Å². The molecule has 1 fully saturated rings. The third kappa shape index (κ3) is 3.51. The van der Waals surface area contributed by atoms with Crippen LogP contribution in [0.25, 0.3) is 0 Å². The minimum absolute atomic E-state index is 0.242. The topological polar surface area (TPSA) is 66.4 Å². The van der Waals surface area contributed by atoms with E-state index in [2.05, 4.69) is 4.72 Å². The molecule has 0 unspecified atom stereocenters. The number of hydrogen-bond donors (Lipinski definition) is 2. The van der Waals surface area contributed by atoms with Crippen molar-refractivity contribution in [1.29, 1.82) is 0 Å². The average molecular weight is 356 g/mol. The van der Waals surface area contributed by atoms with E-state index in [4.69, 9.17) is 23.2 Å². The van der Waals surface area contributed by atoms with Gasteiger partial charge in [0.25, 0.3) is 0 Å². The molecule has 1 aromatic carbocycles. The second-order valence-electron chi connectivity index (χ2n) is 5.28. The Morgan fingerprint density at radius 2 is 1.86 bits per heavy atom. The van der Waals surface area contributed by atoms with Gasteiger partial charge in [-0.05, 0) is 25.0 Å². The van der Waals surface area contributed by atoms with Gasteiger partial charge in [0.05, 0.1) is 22.2 Å². The lowest BCUT2D eigenvalue weighted by atomic mass is 9.83. The molecule has 118 valence electrons. The van der Waals surface area contributed by atoms with Gasteiger partial charge in [-0.15, -0.1) is 0 Å². The molecule has 0 radical (unpaired) electrons. The molecule has 0 saturated heterocycles. The van der Waals surface area contributed by atoms with E-state index in [1.807, 2.05) is 0 Å². The first-order valence-electron chi connectivity index (χ1n) is 6.60. The van der Waals surface area contributed by atoms with Crippen molar-refractivity contribution in [2.24, 2.45) is 0 Å². The Kier molecular flexibility index (Phi) is 5.15. The summed E-state index contributed by atoms with van der Waals surface area (Å²) in [6.45, 7) is -0.306. The number of hydrogen-bond acceptors (Lipinski definition) is 3. The largest absolute Gasteiger partial charge is 0.394 e. The second-order valence-corrected chi connectivity index (χ2v) is 7.71. The summed E-state index contributed by atoms with van der Waals surface area (Å²) < 4.78 is 41.0. The molecule has 1 aliphatic carbocycles. The van der Waals surface area contributed by atoms with E-state index >= 15 is 0 Å². The normalized spacial score (nSPS) is 18.7. The number of benzene rings is 1. The van der Waals surface area contributed by atoms with Crippen molar-refractivity contribution in [1.82, 2.24) is 4.72 Å². The molecular formula is C13H16Cl2FNO3S.